The second-order valence-corrected chi connectivity index (χ2v) is 8.43. The van der Waals surface area contributed by atoms with Crippen molar-refractivity contribution in [1.82, 2.24) is 0 Å². The second-order valence-electron chi connectivity index (χ2n) is 8.43. The van der Waals surface area contributed by atoms with Gasteiger partial charge in [-0.3, -0.25) is 0 Å². The third kappa shape index (κ3) is 3.53. The minimum atomic E-state index is -4.91. The summed E-state index contributed by atoms with van der Waals surface area (Å²) in [6, 6.07) is 0. The molecule has 0 aromatic rings. The Morgan fingerprint density at radius 1 is 1.07 bits per heavy atom. The molecule has 6 atom stereocenters. The van der Waals surface area contributed by atoms with Gasteiger partial charge in [-0.1, -0.05) is 6.92 Å². The van der Waals surface area contributed by atoms with Gasteiger partial charge in [-0.25, -0.2) is 9.78 Å². The maximum absolute atomic E-state index is 13.8. The van der Waals surface area contributed by atoms with Gasteiger partial charge in [0.2, 0.25) is 17.8 Å². The summed E-state index contributed by atoms with van der Waals surface area (Å²) in [4.78, 5) is 11.2. The summed E-state index contributed by atoms with van der Waals surface area (Å²) in [7, 11) is 0. The molecule has 1 spiro atoms. The number of hydrogen-bond donors (Lipinski definition) is 0. The highest BCUT2D eigenvalue weighted by Crippen LogP contribution is 2.61. The Kier molecular flexibility index (Phi) is 4.92. The van der Waals surface area contributed by atoms with Gasteiger partial charge in [-0.05, 0) is 32.1 Å². The maximum atomic E-state index is 13.8. The molecule has 0 radical (unpaired) electrons. The first kappa shape index (κ1) is 21.2. The van der Waals surface area contributed by atoms with E-state index in [0.29, 0.717) is 19.3 Å². The molecular weight excluding hydrogens is 410 g/mol. The smallest absolute Gasteiger partial charge is 0.449 e. The molecule has 166 valence electrons. The SMILES string of the molecule is C[C@@H]1CC[C@H]2C(COCC(F)(F)F)=C(C(F)(F)F)O[C@@H]3O[C@]4(C)CCC1[C@]32OO4. The Bertz CT molecular complexity index is 691. The molecule has 2 bridgehead atoms. The Balaban J connectivity index is 1.76. The van der Waals surface area contributed by atoms with Crippen molar-refractivity contribution in [3.63, 3.8) is 0 Å². The normalized spacial score (nSPS) is 42.3. The molecule has 0 aromatic carbocycles. The number of allylic oxidation sites excluding steroid dienone is 1. The number of alkyl halides is 6. The zero-order chi connectivity index (χ0) is 21.2. The quantitative estimate of drug-likeness (QED) is 0.481. The third-order valence-electron chi connectivity index (χ3n) is 6.44. The molecule has 4 heterocycles. The van der Waals surface area contributed by atoms with Crippen LogP contribution < -0.4 is 0 Å². The van der Waals surface area contributed by atoms with Crippen LogP contribution >= 0.6 is 0 Å². The predicted octanol–water partition coefficient (Wildman–Crippen LogP) is 4.63. The van der Waals surface area contributed by atoms with Crippen molar-refractivity contribution < 1.29 is 50.3 Å². The number of hydrogen-bond acceptors (Lipinski definition) is 5. The summed E-state index contributed by atoms with van der Waals surface area (Å²) in [5.74, 6) is -3.64. The molecule has 3 saturated heterocycles. The lowest BCUT2D eigenvalue weighted by Crippen LogP contribution is -2.67. The summed E-state index contributed by atoms with van der Waals surface area (Å²) in [5.41, 5.74) is -1.74. The lowest BCUT2D eigenvalue weighted by molar-refractivity contribution is -0.558. The Morgan fingerprint density at radius 2 is 1.79 bits per heavy atom. The van der Waals surface area contributed by atoms with E-state index in [-0.39, 0.29) is 23.8 Å². The summed E-state index contributed by atoms with van der Waals surface area (Å²) in [6.07, 6.45) is -9.10. The van der Waals surface area contributed by atoms with Crippen molar-refractivity contribution in [2.24, 2.45) is 17.8 Å². The lowest BCUT2D eigenvalue weighted by Gasteiger charge is -2.57. The van der Waals surface area contributed by atoms with Gasteiger partial charge >= 0.3 is 12.4 Å². The van der Waals surface area contributed by atoms with E-state index < -0.39 is 54.9 Å². The van der Waals surface area contributed by atoms with E-state index in [1.807, 2.05) is 6.92 Å². The van der Waals surface area contributed by atoms with Crippen LogP contribution in [0, 0.1) is 17.8 Å². The van der Waals surface area contributed by atoms with E-state index in [1.54, 1.807) is 6.92 Å². The molecule has 29 heavy (non-hydrogen) atoms. The zero-order valence-corrected chi connectivity index (χ0v) is 15.9. The maximum Gasteiger partial charge on any atom is 0.449 e. The number of rotatable bonds is 3. The van der Waals surface area contributed by atoms with Crippen LogP contribution in [0.1, 0.15) is 39.5 Å². The van der Waals surface area contributed by atoms with Crippen molar-refractivity contribution in [2.75, 3.05) is 13.2 Å². The lowest BCUT2D eigenvalue weighted by atomic mass is 9.59. The summed E-state index contributed by atoms with van der Waals surface area (Å²) >= 11 is 0. The average Bonchev–Trinajstić information content (AvgIpc) is 2.81. The monoisotopic (exact) mass is 432 g/mol. The van der Waals surface area contributed by atoms with Gasteiger partial charge in [0, 0.05) is 23.8 Å². The van der Waals surface area contributed by atoms with E-state index in [2.05, 4.69) is 4.74 Å². The van der Waals surface area contributed by atoms with Crippen LogP contribution in [0.5, 0.6) is 0 Å². The molecule has 0 amide bonds. The summed E-state index contributed by atoms with van der Waals surface area (Å²) in [5, 5.41) is 0. The van der Waals surface area contributed by atoms with E-state index in [0.717, 1.165) is 0 Å². The van der Waals surface area contributed by atoms with Gasteiger partial charge < -0.3 is 14.2 Å². The topological polar surface area (TPSA) is 46.2 Å². The van der Waals surface area contributed by atoms with E-state index >= 15 is 0 Å². The Morgan fingerprint density at radius 3 is 2.45 bits per heavy atom. The number of ether oxygens (including phenoxy) is 3. The molecule has 11 heteroatoms. The van der Waals surface area contributed by atoms with Gasteiger partial charge in [0.25, 0.3) is 0 Å². The van der Waals surface area contributed by atoms with Crippen LogP contribution in [-0.4, -0.2) is 43.2 Å². The van der Waals surface area contributed by atoms with Crippen LogP contribution in [0.3, 0.4) is 0 Å². The molecule has 4 aliphatic heterocycles. The van der Waals surface area contributed by atoms with Gasteiger partial charge in [-0.15, -0.1) is 0 Å². The first-order valence-electron chi connectivity index (χ1n) is 9.52. The molecule has 4 fully saturated rings. The molecule has 5 nitrogen and oxygen atoms in total. The van der Waals surface area contributed by atoms with Gasteiger partial charge in [0.15, 0.2) is 5.60 Å². The third-order valence-corrected chi connectivity index (χ3v) is 6.44. The molecule has 5 aliphatic rings. The van der Waals surface area contributed by atoms with Crippen molar-refractivity contribution in [2.45, 2.75) is 69.6 Å². The molecule has 0 N–H and O–H groups in total. The van der Waals surface area contributed by atoms with Gasteiger partial charge in [0.05, 0.1) is 6.61 Å². The highest BCUT2D eigenvalue weighted by Gasteiger charge is 2.70. The molecule has 1 aliphatic carbocycles. The molecule has 1 unspecified atom stereocenters. The highest BCUT2D eigenvalue weighted by atomic mass is 19.4. The van der Waals surface area contributed by atoms with E-state index in [9.17, 15) is 26.3 Å². The second kappa shape index (κ2) is 6.73. The minimum Gasteiger partial charge on any atom is -0.456 e. The standard InChI is InChI=1S/C18H22F6O5/c1-9-3-4-12-10(7-25-8-16(19,20)21)13(18(22,23)24)26-14-17(12)11(9)5-6-15(2,27-14)28-29-17/h9,11-12,14H,3-8H2,1-2H3/t9-,11?,12+,14-,15+,17-/m1/s1. The fourth-order valence-corrected chi connectivity index (χ4v) is 5.18. The first-order valence-corrected chi connectivity index (χ1v) is 9.52. The largest absolute Gasteiger partial charge is 0.456 e. The average molecular weight is 432 g/mol. The van der Waals surface area contributed by atoms with E-state index in [4.69, 9.17) is 19.2 Å². The van der Waals surface area contributed by atoms with Crippen LogP contribution in [0.15, 0.2) is 11.3 Å². The van der Waals surface area contributed by atoms with Crippen molar-refractivity contribution in [3.8, 4) is 0 Å². The Hall–Kier alpha value is -1.04. The summed E-state index contributed by atoms with van der Waals surface area (Å²) < 4.78 is 94.4. The highest BCUT2D eigenvalue weighted by molar-refractivity contribution is 5.28. The zero-order valence-electron chi connectivity index (χ0n) is 15.9. The minimum absolute atomic E-state index is 0.0924. The first-order chi connectivity index (χ1) is 13.4. The Labute approximate surface area is 163 Å². The number of fused-ring (bicyclic) bond motifs is 2. The van der Waals surface area contributed by atoms with Crippen LogP contribution in [0.4, 0.5) is 26.3 Å². The van der Waals surface area contributed by atoms with Crippen molar-refractivity contribution in [1.29, 1.82) is 0 Å². The van der Waals surface area contributed by atoms with E-state index in [1.165, 1.54) is 0 Å². The fourth-order valence-electron chi connectivity index (χ4n) is 5.18. The van der Waals surface area contributed by atoms with Crippen LogP contribution in [0.2, 0.25) is 0 Å². The van der Waals surface area contributed by atoms with Crippen LogP contribution in [0.25, 0.3) is 0 Å². The van der Waals surface area contributed by atoms with Gasteiger partial charge in [0.1, 0.15) is 6.61 Å². The fraction of sp³-hybridized carbons (Fsp3) is 0.889. The molecular formula is C18H22F6O5. The van der Waals surface area contributed by atoms with Crippen molar-refractivity contribution >= 4 is 0 Å². The molecule has 1 saturated carbocycles. The molecule has 5 rings (SSSR count). The predicted molar refractivity (Wildman–Crippen MR) is 83.8 cm³/mol. The number of halogens is 6. The van der Waals surface area contributed by atoms with Crippen LogP contribution in [-0.2, 0) is 24.0 Å². The summed E-state index contributed by atoms with van der Waals surface area (Å²) in [6.45, 7) is 1.02. The van der Waals surface area contributed by atoms with Crippen molar-refractivity contribution in [3.05, 3.63) is 11.3 Å². The van der Waals surface area contributed by atoms with Gasteiger partial charge in [-0.2, -0.15) is 26.3 Å². The molecule has 0 aromatic heterocycles.